The third kappa shape index (κ3) is 4.95. The van der Waals surface area contributed by atoms with Gasteiger partial charge in [-0.2, -0.15) is 0 Å². The van der Waals surface area contributed by atoms with Gasteiger partial charge in [-0.25, -0.2) is 4.79 Å². The molecule has 0 fully saturated rings. The maximum Gasteiger partial charge on any atom is 0.339 e. The molecule has 1 aromatic carbocycles. The molecule has 0 aliphatic carbocycles. The van der Waals surface area contributed by atoms with Crippen molar-refractivity contribution < 1.29 is 23.9 Å². The van der Waals surface area contributed by atoms with Crippen LogP contribution in [0.25, 0.3) is 0 Å². The SMILES string of the molecule is CCc1oc(C(=O)Nc2ccc(NC(=O)CC(C)C)cc2)cc1C(=O)O. The molecule has 0 aliphatic rings. The average Bonchev–Trinajstić information content (AvgIpc) is 3.00. The highest BCUT2D eigenvalue weighted by molar-refractivity contribution is 6.04. The molecular formula is C19H22N2O5. The van der Waals surface area contributed by atoms with E-state index in [1.165, 1.54) is 6.07 Å². The van der Waals surface area contributed by atoms with E-state index in [0.717, 1.165) is 0 Å². The Bertz CT molecular complexity index is 806. The number of carboxylic acids is 1. The summed E-state index contributed by atoms with van der Waals surface area (Å²) in [6.07, 6.45) is 0.808. The monoisotopic (exact) mass is 358 g/mol. The Labute approximate surface area is 151 Å². The van der Waals surface area contributed by atoms with Crippen molar-refractivity contribution >= 4 is 29.2 Å². The molecule has 2 aromatic rings. The molecule has 0 spiro atoms. The summed E-state index contributed by atoms with van der Waals surface area (Å²) in [6, 6.07) is 7.86. The molecule has 0 aliphatic heterocycles. The number of anilines is 2. The largest absolute Gasteiger partial charge is 0.478 e. The molecule has 2 rings (SSSR count). The molecule has 2 amide bonds. The summed E-state index contributed by atoms with van der Waals surface area (Å²) >= 11 is 0. The molecule has 1 heterocycles. The fraction of sp³-hybridized carbons (Fsp3) is 0.316. The van der Waals surface area contributed by atoms with Crippen LogP contribution in [0.2, 0.25) is 0 Å². The molecule has 26 heavy (non-hydrogen) atoms. The minimum Gasteiger partial charge on any atom is -0.478 e. The summed E-state index contributed by atoms with van der Waals surface area (Å²) in [6.45, 7) is 5.68. The lowest BCUT2D eigenvalue weighted by atomic mass is 10.1. The number of hydrogen-bond donors (Lipinski definition) is 3. The molecule has 7 heteroatoms. The molecule has 3 N–H and O–H groups in total. The number of amides is 2. The van der Waals surface area contributed by atoms with E-state index in [4.69, 9.17) is 9.52 Å². The van der Waals surface area contributed by atoms with Crippen LogP contribution >= 0.6 is 0 Å². The van der Waals surface area contributed by atoms with Crippen molar-refractivity contribution in [2.75, 3.05) is 10.6 Å². The first-order valence-corrected chi connectivity index (χ1v) is 8.37. The Morgan fingerprint density at radius 2 is 1.65 bits per heavy atom. The zero-order valence-corrected chi connectivity index (χ0v) is 15.0. The van der Waals surface area contributed by atoms with Gasteiger partial charge < -0.3 is 20.2 Å². The van der Waals surface area contributed by atoms with Gasteiger partial charge in [0.25, 0.3) is 5.91 Å². The summed E-state index contributed by atoms with van der Waals surface area (Å²) in [5.41, 5.74) is 1.12. The molecule has 1 aromatic heterocycles. The van der Waals surface area contributed by atoms with Crippen molar-refractivity contribution in [1.82, 2.24) is 0 Å². The first kappa shape index (κ1) is 19.2. The number of rotatable bonds is 7. The van der Waals surface area contributed by atoms with Gasteiger partial charge in [0.05, 0.1) is 0 Å². The van der Waals surface area contributed by atoms with Crippen molar-refractivity contribution in [2.24, 2.45) is 5.92 Å². The summed E-state index contributed by atoms with van der Waals surface area (Å²) < 4.78 is 5.32. The normalized spacial score (nSPS) is 10.6. The number of aryl methyl sites for hydroxylation is 1. The second-order valence-electron chi connectivity index (χ2n) is 6.28. The lowest BCUT2D eigenvalue weighted by Crippen LogP contribution is -2.14. The molecule has 7 nitrogen and oxygen atoms in total. The Morgan fingerprint density at radius 1 is 1.08 bits per heavy atom. The highest BCUT2D eigenvalue weighted by Crippen LogP contribution is 2.19. The Hall–Kier alpha value is -3.09. The van der Waals surface area contributed by atoms with Gasteiger partial charge in [0.1, 0.15) is 11.3 Å². The maximum absolute atomic E-state index is 12.2. The van der Waals surface area contributed by atoms with Crippen LogP contribution in [-0.4, -0.2) is 22.9 Å². The van der Waals surface area contributed by atoms with E-state index in [1.54, 1.807) is 31.2 Å². The number of carbonyl (C=O) groups excluding carboxylic acids is 2. The lowest BCUT2D eigenvalue weighted by molar-refractivity contribution is -0.116. The van der Waals surface area contributed by atoms with Gasteiger partial charge in [-0.15, -0.1) is 0 Å². The minimum absolute atomic E-state index is 0.0131. The van der Waals surface area contributed by atoms with E-state index in [2.05, 4.69) is 10.6 Å². The molecule has 0 atom stereocenters. The Morgan fingerprint density at radius 3 is 2.12 bits per heavy atom. The minimum atomic E-state index is -1.13. The molecule has 138 valence electrons. The lowest BCUT2D eigenvalue weighted by Gasteiger charge is -2.08. The predicted octanol–water partition coefficient (Wildman–Crippen LogP) is 3.78. The van der Waals surface area contributed by atoms with E-state index in [1.807, 2.05) is 13.8 Å². The molecular weight excluding hydrogens is 336 g/mol. The Balaban J connectivity index is 2.03. The maximum atomic E-state index is 12.2. The highest BCUT2D eigenvalue weighted by atomic mass is 16.4. The van der Waals surface area contributed by atoms with E-state index >= 15 is 0 Å². The fourth-order valence-corrected chi connectivity index (χ4v) is 2.40. The average molecular weight is 358 g/mol. The van der Waals surface area contributed by atoms with Crippen molar-refractivity contribution in [3.05, 3.63) is 47.4 Å². The first-order valence-electron chi connectivity index (χ1n) is 8.37. The van der Waals surface area contributed by atoms with Gasteiger partial charge >= 0.3 is 5.97 Å². The second-order valence-corrected chi connectivity index (χ2v) is 6.28. The Kier molecular flexibility index (Phi) is 6.16. The van der Waals surface area contributed by atoms with E-state index < -0.39 is 11.9 Å². The van der Waals surface area contributed by atoms with Crippen LogP contribution in [0.1, 0.15) is 53.9 Å². The van der Waals surface area contributed by atoms with Crippen molar-refractivity contribution in [1.29, 1.82) is 0 Å². The topological polar surface area (TPSA) is 109 Å². The standard InChI is InChI=1S/C19H22N2O5/c1-4-15-14(19(24)25)10-16(26-15)18(23)21-13-7-5-12(6-8-13)20-17(22)9-11(2)3/h5-8,10-11H,4,9H2,1-3H3,(H,20,22)(H,21,23)(H,24,25). The zero-order chi connectivity index (χ0) is 19.3. The number of aromatic carboxylic acids is 1. The number of benzene rings is 1. The van der Waals surface area contributed by atoms with Crippen LogP contribution in [-0.2, 0) is 11.2 Å². The second kappa shape index (κ2) is 8.33. The van der Waals surface area contributed by atoms with Gasteiger partial charge in [-0.3, -0.25) is 9.59 Å². The summed E-state index contributed by atoms with van der Waals surface area (Å²) in [7, 11) is 0. The van der Waals surface area contributed by atoms with Crippen LogP contribution < -0.4 is 10.6 Å². The third-order valence-corrected chi connectivity index (χ3v) is 3.60. The number of furan rings is 1. The van der Waals surface area contributed by atoms with Crippen LogP contribution in [0.4, 0.5) is 11.4 Å². The summed E-state index contributed by atoms with van der Waals surface area (Å²) in [5, 5.41) is 14.5. The zero-order valence-electron chi connectivity index (χ0n) is 15.0. The predicted molar refractivity (Wildman–Crippen MR) is 97.5 cm³/mol. The van der Waals surface area contributed by atoms with Gasteiger partial charge in [-0.05, 0) is 30.2 Å². The van der Waals surface area contributed by atoms with E-state index in [-0.39, 0.29) is 28.9 Å². The summed E-state index contributed by atoms with van der Waals surface area (Å²) in [5.74, 6) is -1.28. The highest BCUT2D eigenvalue weighted by Gasteiger charge is 2.20. The molecule has 0 saturated carbocycles. The van der Waals surface area contributed by atoms with Gasteiger partial charge in [-0.1, -0.05) is 20.8 Å². The van der Waals surface area contributed by atoms with E-state index in [0.29, 0.717) is 24.2 Å². The third-order valence-electron chi connectivity index (χ3n) is 3.60. The van der Waals surface area contributed by atoms with Crippen LogP contribution in [0.3, 0.4) is 0 Å². The van der Waals surface area contributed by atoms with Crippen molar-refractivity contribution in [3.8, 4) is 0 Å². The van der Waals surface area contributed by atoms with E-state index in [9.17, 15) is 14.4 Å². The smallest absolute Gasteiger partial charge is 0.339 e. The molecule has 0 radical (unpaired) electrons. The fourth-order valence-electron chi connectivity index (χ4n) is 2.40. The van der Waals surface area contributed by atoms with Crippen LogP contribution in [0.5, 0.6) is 0 Å². The van der Waals surface area contributed by atoms with Crippen LogP contribution in [0.15, 0.2) is 34.7 Å². The number of nitrogens with one attached hydrogen (secondary N) is 2. The van der Waals surface area contributed by atoms with Gasteiger partial charge in [0.15, 0.2) is 5.76 Å². The summed E-state index contributed by atoms with van der Waals surface area (Å²) in [4.78, 5) is 35.1. The number of carbonyl (C=O) groups is 3. The van der Waals surface area contributed by atoms with Crippen molar-refractivity contribution in [3.63, 3.8) is 0 Å². The quantitative estimate of drug-likeness (QED) is 0.698. The van der Waals surface area contributed by atoms with Crippen LogP contribution in [0, 0.1) is 5.92 Å². The van der Waals surface area contributed by atoms with Crippen molar-refractivity contribution in [2.45, 2.75) is 33.6 Å². The molecule has 0 saturated heterocycles. The van der Waals surface area contributed by atoms with Gasteiger partial charge in [0, 0.05) is 30.3 Å². The van der Waals surface area contributed by atoms with Gasteiger partial charge in [0.2, 0.25) is 5.91 Å². The molecule has 0 bridgehead atoms. The number of hydrogen-bond acceptors (Lipinski definition) is 4. The molecule has 0 unspecified atom stereocenters. The number of carboxylic acid groups (broad SMARTS) is 1. The first-order chi connectivity index (χ1) is 12.3.